The van der Waals surface area contributed by atoms with Gasteiger partial charge in [0.25, 0.3) is 0 Å². The predicted molar refractivity (Wildman–Crippen MR) is 80.5 cm³/mol. The van der Waals surface area contributed by atoms with Gasteiger partial charge in [-0.1, -0.05) is 25.2 Å². The summed E-state index contributed by atoms with van der Waals surface area (Å²) in [6, 6.07) is 0.135. The zero-order valence-corrected chi connectivity index (χ0v) is 13.5. The van der Waals surface area contributed by atoms with Gasteiger partial charge in [0.2, 0.25) is 5.13 Å². The molecule has 1 saturated heterocycles. The van der Waals surface area contributed by atoms with E-state index in [9.17, 15) is 0 Å². The van der Waals surface area contributed by atoms with Gasteiger partial charge >= 0.3 is 0 Å². The van der Waals surface area contributed by atoms with Crippen molar-refractivity contribution >= 4 is 16.5 Å². The molecule has 2 atom stereocenters. The number of hydrogen-bond acceptors (Lipinski definition) is 7. The quantitative estimate of drug-likeness (QED) is 0.857. The molecule has 7 nitrogen and oxygen atoms in total. The van der Waals surface area contributed by atoms with Gasteiger partial charge in [0.1, 0.15) is 11.3 Å². The van der Waals surface area contributed by atoms with Crippen LogP contribution < -0.4 is 4.90 Å². The van der Waals surface area contributed by atoms with Crippen LogP contribution in [0.3, 0.4) is 0 Å². The lowest BCUT2D eigenvalue weighted by Crippen LogP contribution is -2.26. The molecule has 0 aromatic carbocycles. The van der Waals surface area contributed by atoms with Crippen LogP contribution in [0.15, 0.2) is 6.33 Å². The second kappa shape index (κ2) is 5.69. The number of methoxy groups -OCH3 is 1. The lowest BCUT2D eigenvalue weighted by atomic mass is 10.2. The van der Waals surface area contributed by atoms with E-state index in [1.807, 2.05) is 11.6 Å². The number of aromatic nitrogens is 5. The van der Waals surface area contributed by atoms with E-state index in [-0.39, 0.29) is 12.1 Å². The molecule has 0 unspecified atom stereocenters. The smallest absolute Gasteiger partial charge is 0.209 e. The topological polar surface area (TPSA) is 69.0 Å². The SMILES string of the molecule is CO[C@@H]1C[C@@H](c2nncn2C)N(c2nnc(C(C)C)s2)C1. The van der Waals surface area contributed by atoms with Crippen LogP contribution in [0.1, 0.15) is 43.1 Å². The summed E-state index contributed by atoms with van der Waals surface area (Å²) in [5.41, 5.74) is 0. The highest BCUT2D eigenvalue weighted by Gasteiger charge is 2.37. The Morgan fingerprint density at radius 1 is 1.33 bits per heavy atom. The average Bonchev–Trinajstić information content (AvgIpc) is 3.15. The Bertz CT molecular complexity index is 609. The summed E-state index contributed by atoms with van der Waals surface area (Å²) in [6.07, 6.45) is 2.80. The third-order valence-corrected chi connectivity index (χ3v) is 5.07. The van der Waals surface area contributed by atoms with Gasteiger partial charge < -0.3 is 14.2 Å². The largest absolute Gasteiger partial charge is 0.380 e. The Morgan fingerprint density at radius 2 is 2.14 bits per heavy atom. The lowest BCUT2D eigenvalue weighted by Gasteiger charge is -2.22. The Balaban J connectivity index is 1.91. The summed E-state index contributed by atoms with van der Waals surface area (Å²) in [5.74, 6) is 1.33. The van der Waals surface area contributed by atoms with Crippen molar-refractivity contribution < 1.29 is 4.74 Å². The first-order chi connectivity index (χ1) is 10.1. The summed E-state index contributed by atoms with van der Waals surface area (Å²) in [4.78, 5) is 2.24. The molecule has 8 heteroatoms. The van der Waals surface area contributed by atoms with Crippen molar-refractivity contribution in [3.63, 3.8) is 0 Å². The van der Waals surface area contributed by atoms with Crippen LogP contribution in [0.2, 0.25) is 0 Å². The van der Waals surface area contributed by atoms with Crippen LogP contribution in [-0.4, -0.2) is 44.7 Å². The predicted octanol–water partition coefficient (Wildman–Crippen LogP) is 1.76. The van der Waals surface area contributed by atoms with E-state index in [1.165, 1.54) is 0 Å². The van der Waals surface area contributed by atoms with Crippen molar-refractivity contribution in [2.24, 2.45) is 7.05 Å². The number of aryl methyl sites for hydroxylation is 1. The van der Waals surface area contributed by atoms with Crippen molar-refractivity contribution in [1.82, 2.24) is 25.0 Å². The van der Waals surface area contributed by atoms with E-state index >= 15 is 0 Å². The van der Waals surface area contributed by atoms with Gasteiger partial charge in [-0.15, -0.1) is 20.4 Å². The molecule has 1 fully saturated rings. The molecule has 2 aromatic rings. The molecule has 1 aliphatic heterocycles. The molecule has 2 aromatic heterocycles. The lowest BCUT2D eigenvalue weighted by molar-refractivity contribution is 0.118. The molecule has 0 saturated carbocycles. The zero-order chi connectivity index (χ0) is 15.0. The van der Waals surface area contributed by atoms with Crippen molar-refractivity contribution in [3.05, 3.63) is 17.2 Å². The molecule has 3 heterocycles. The normalized spacial score (nSPS) is 22.4. The van der Waals surface area contributed by atoms with Crippen molar-refractivity contribution in [2.75, 3.05) is 18.6 Å². The third-order valence-electron chi connectivity index (χ3n) is 3.81. The molecule has 114 valence electrons. The monoisotopic (exact) mass is 308 g/mol. The fraction of sp³-hybridized carbons (Fsp3) is 0.692. The summed E-state index contributed by atoms with van der Waals surface area (Å²) < 4.78 is 7.50. The van der Waals surface area contributed by atoms with Crippen molar-refractivity contribution in [3.8, 4) is 0 Å². The highest BCUT2D eigenvalue weighted by atomic mass is 32.1. The molecule has 0 radical (unpaired) electrons. The molecule has 0 N–H and O–H groups in total. The molecule has 0 aliphatic carbocycles. The number of ether oxygens (including phenoxy) is 1. The van der Waals surface area contributed by atoms with Crippen LogP contribution in [-0.2, 0) is 11.8 Å². The maximum absolute atomic E-state index is 5.54. The molecule has 3 rings (SSSR count). The van der Waals surface area contributed by atoms with Crippen LogP contribution in [0.25, 0.3) is 0 Å². The molecule has 0 spiro atoms. The molecule has 0 bridgehead atoms. The second-order valence-electron chi connectivity index (χ2n) is 5.64. The fourth-order valence-corrected chi connectivity index (χ4v) is 3.50. The molecule has 0 amide bonds. The van der Waals surface area contributed by atoms with Crippen LogP contribution in [0.4, 0.5) is 5.13 Å². The van der Waals surface area contributed by atoms with E-state index in [2.05, 4.69) is 39.1 Å². The standard InChI is InChI=1S/C13H20N6OS/c1-8(2)12-16-17-13(21-12)19-6-9(20-4)5-10(19)11-15-14-7-18(11)3/h7-10H,5-6H2,1-4H3/t9-,10+/m1/s1. The first-order valence-electron chi connectivity index (χ1n) is 7.07. The zero-order valence-electron chi connectivity index (χ0n) is 12.7. The average molecular weight is 308 g/mol. The number of rotatable bonds is 4. The maximum Gasteiger partial charge on any atom is 0.209 e. The molecule has 1 aliphatic rings. The Labute approximate surface area is 128 Å². The third kappa shape index (κ3) is 2.65. The Morgan fingerprint density at radius 3 is 2.71 bits per heavy atom. The molecular formula is C13H20N6OS. The van der Waals surface area contributed by atoms with E-state index in [1.54, 1.807) is 24.8 Å². The summed E-state index contributed by atoms with van der Waals surface area (Å²) in [7, 11) is 3.72. The summed E-state index contributed by atoms with van der Waals surface area (Å²) >= 11 is 1.65. The Kier molecular flexibility index (Phi) is 3.90. The van der Waals surface area contributed by atoms with Gasteiger partial charge in [-0.25, -0.2) is 0 Å². The van der Waals surface area contributed by atoms with Crippen LogP contribution >= 0.6 is 11.3 Å². The summed E-state index contributed by atoms with van der Waals surface area (Å²) in [6.45, 7) is 5.07. The van der Waals surface area contributed by atoms with Gasteiger partial charge in [-0.2, -0.15) is 0 Å². The van der Waals surface area contributed by atoms with E-state index in [0.29, 0.717) is 5.92 Å². The second-order valence-corrected chi connectivity index (χ2v) is 6.63. The van der Waals surface area contributed by atoms with Gasteiger partial charge in [-0.3, -0.25) is 0 Å². The van der Waals surface area contributed by atoms with Crippen LogP contribution in [0, 0.1) is 0 Å². The number of anilines is 1. The summed E-state index contributed by atoms with van der Waals surface area (Å²) in [5, 5.41) is 18.9. The van der Waals surface area contributed by atoms with Crippen molar-refractivity contribution in [1.29, 1.82) is 0 Å². The first-order valence-corrected chi connectivity index (χ1v) is 7.88. The van der Waals surface area contributed by atoms with Crippen molar-refractivity contribution in [2.45, 2.75) is 38.3 Å². The van der Waals surface area contributed by atoms with Gasteiger partial charge in [-0.05, 0) is 0 Å². The number of nitrogens with zero attached hydrogens (tertiary/aromatic N) is 6. The van der Waals surface area contributed by atoms with E-state index < -0.39 is 0 Å². The van der Waals surface area contributed by atoms with E-state index in [4.69, 9.17) is 4.74 Å². The highest BCUT2D eigenvalue weighted by Crippen LogP contribution is 2.38. The maximum atomic E-state index is 5.54. The minimum Gasteiger partial charge on any atom is -0.380 e. The van der Waals surface area contributed by atoms with E-state index in [0.717, 1.165) is 28.9 Å². The molecule has 21 heavy (non-hydrogen) atoms. The Hall–Kier alpha value is -1.54. The minimum atomic E-state index is 0.135. The van der Waals surface area contributed by atoms with Gasteiger partial charge in [0.15, 0.2) is 5.82 Å². The number of hydrogen-bond donors (Lipinski definition) is 0. The molecular weight excluding hydrogens is 288 g/mol. The van der Waals surface area contributed by atoms with Gasteiger partial charge in [0, 0.05) is 33.0 Å². The van der Waals surface area contributed by atoms with Crippen LogP contribution in [0.5, 0.6) is 0 Å². The first kappa shape index (κ1) is 14.4. The van der Waals surface area contributed by atoms with Gasteiger partial charge in [0.05, 0.1) is 12.1 Å². The minimum absolute atomic E-state index is 0.135. The highest BCUT2D eigenvalue weighted by molar-refractivity contribution is 7.15. The fourth-order valence-electron chi connectivity index (χ4n) is 2.59.